The summed E-state index contributed by atoms with van der Waals surface area (Å²) in [5, 5.41) is 7.33. The number of anilines is 2. The van der Waals surface area contributed by atoms with Gasteiger partial charge in [0, 0.05) is 16.5 Å². The van der Waals surface area contributed by atoms with Crippen molar-refractivity contribution in [1.82, 2.24) is 4.98 Å². The van der Waals surface area contributed by atoms with Gasteiger partial charge in [-0.1, -0.05) is 12.1 Å². The molecule has 0 atom stereocenters. The van der Waals surface area contributed by atoms with E-state index in [0.717, 1.165) is 50.1 Å². The minimum atomic E-state index is -0.0575. The van der Waals surface area contributed by atoms with Crippen LogP contribution in [-0.4, -0.2) is 18.6 Å². The van der Waals surface area contributed by atoms with E-state index >= 15 is 0 Å². The number of benzene rings is 2. The third kappa shape index (κ3) is 3.07. The molecule has 138 valence electrons. The van der Waals surface area contributed by atoms with Crippen LogP contribution in [0.2, 0.25) is 0 Å². The van der Waals surface area contributed by atoms with Crippen molar-refractivity contribution in [3.63, 3.8) is 0 Å². The summed E-state index contributed by atoms with van der Waals surface area (Å²) in [5.74, 6) is 0.741. The van der Waals surface area contributed by atoms with Crippen molar-refractivity contribution < 1.29 is 4.74 Å². The van der Waals surface area contributed by atoms with Crippen molar-refractivity contribution in [2.45, 2.75) is 13.3 Å². The number of hydrogen-bond acceptors (Lipinski definition) is 5. The third-order valence-electron chi connectivity index (χ3n) is 4.74. The van der Waals surface area contributed by atoms with Crippen molar-refractivity contribution >= 4 is 43.7 Å². The van der Waals surface area contributed by atoms with E-state index in [1.165, 1.54) is 16.9 Å². The van der Waals surface area contributed by atoms with Crippen molar-refractivity contribution in [2.24, 2.45) is 5.73 Å². The summed E-state index contributed by atoms with van der Waals surface area (Å²) in [7, 11) is 1.66. The maximum Gasteiger partial charge on any atom is 0.266 e. The quantitative estimate of drug-likeness (QED) is 0.483. The summed E-state index contributed by atoms with van der Waals surface area (Å²) in [6.45, 7) is 2.61. The predicted octanol–water partition coefficient (Wildman–Crippen LogP) is 4.30. The Balaban J connectivity index is 1.94. The lowest BCUT2D eigenvalue weighted by atomic mass is 10.0. The fourth-order valence-electron chi connectivity index (χ4n) is 3.42. The molecule has 0 aliphatic carbocycles. The van der Waals surface area contributed by atoms with Crippen LogP contribution in [-0.2, 0) is 6.42 Å². The SMILES string of the molecule is COc1cc(C)c2[nH]c(=O)c3sccc3c2c1Nc1ccc(CCN)cc1. The monoisotopic (exact) mass is 379 g/mol. The number of aryl methyl sites for hydroxylation is 1. The summed E-state index contributed by atoms with van der Waals surface area (Å²) < 4.78 is 6.38. The lowest BCUT2D eigenvalue weighted by Crippen LogP contribution is -2.07. The van der Waals surface area contributed by atoms with Crippen LogP contribution in [0.25, 0.3) is 21.0 Å². The molecule has 0 spiro atoms. The maximum absolute atomic E-state index is 12.4. The van der Waals surface area contributed by atoms with Gasteiger partial charge in [-0.25, -0.2) is 0 Å². The number of rotatable bonds is 5. The van der Waals surface area contributed by atoms with Gasteiger partial charge in [0.15, 0.2) is 0 Å². The van der Waals surface area contributed by atoms with Crippen molar-refractivity contribution in [2.75, 3.05) is 19.0 Å². The number of methoxy groups -OCH3 is 1. The summed E-state index contributed by atoms with van der Waals surface area (Å²) >= 11 is 1.45. The number of nitrogens with two attached hydrogens (primary N) is 1. The molecule has 0 fully saturated rings. The second-order valence-electron chi connectivity index (χ2n) is 6.50. The molecule has 0 radical (unpaired) electrons. The zero-order valence-electron chi connectivity index (χ0n) is 15.3. The van der Waals surface area contributed by atoms with E-state index in [2.05, 4.69) is 22.4 Å². The van der Waals surface area contributed by atoms with E-state index in [9.17, 15) is 4.79 Å². The van der Waals surface area contributed by atoms with Crippen LogP contribution in [0.15, 0.2) is 46.6 Å². The highest BCUT2D eigenvalue weighted by molar-refractivity contribution is 7.17. The third-order valence-corrected chi connectivity index (χ3v) is 5.66. The highest BCUT2D eigenvalue weighted by Gasteiger charge is 2.17. The normalized spacial score (nSPS) is 11.2. The van der Waals surface area contributed by atoms with Crippen LogP contribution in [0.4, 0.5) is 11.4 Å². The van der Waals surface area contributed by atoms with Gasteiger partial charge in [0.25, 0.3) is 5.56 Å². The molecule has 2 aromatic heterocycles. The second-order valence-corrected chi connectivity index (χ2v) is 7.41. The molecule has 5 nitrogen and oxygen atoms in total. The van der Waals surface area contributed by atoms with Crippen LogP contribution in [0.1, 0.15) is 11.1 Å². The molecule has 6 heteroatoms. The Morgan fingerprint density at radius 2 is 2.00 bits per heavy atom. The van der Waals surface area contributed by atoms with E-state index in [1.807, 2.05) is 36.6 Å². The summed E-state index contributed by atoms with van der Waals surface area (Å²) in [6.07, 6.45) is 0.855. The first-order chi connectivity index (χ1) is 13.1. The van der Waals surface area contributed by atoms with Crippen LogP contribution in [0, 0.1) is 6.92 Å². The van der Waals surface area contributed by atoms with Crippen LogP contribution in [0.3, 0.4) is 0 Å². The topological polar surface area (TPSA) is 80.1 Å². The Morgan fingerprint density at radius 1 is 1.22 bits per heavy atom. The number of thiophene rings is 1. The van der Waals surface area contributed by atoms with Gasteiger partial charge in [-0.2, -0.15) is 0 Å². The zero-order valence-corrected chi connectivity index (χ0v) is 16.1. The standard InChI is InChI=1S/C21H21N3O2S/c1-12-11-16(26-2)19(23-14-5-3-13(4-6-14)7-9-22)17-15-8-10-27-20(15)21(25)24-18(12)17/h3-6,8,10-11,23H,7,9,22H2,1-2H3,(H,24,25). The Hall–Kier alpha value is -2.83. The van der Waals surface area contributed by atoms with Gasteiger partial charge >= 0.3 is 0 Å². The average Bonchev–Trinajstić information content (AvgIpc) is 3.16. The summed E-state index contributed by atoms with van der Waals surface area (Å²) in [4.78, 5) is 15.5. The fraction of sp³-hybridized carbons (Fsp3) is 0.190. The van der Waals surface area contributed by atoms with Gasteiger partial charge in [0.1, 0.15) is 10.4 Å². The molecule has 27 heavy (non-hydrogen) atoms. The van der Waals surface area contributed by atoms with Crippen LogP contribution in [0.5, 0.6) is 5.75 Å². The van der Waals surface area contributed by atoms with E-state index in [1.54, 1.807) is 7.11 Å². The Kier molecular flexibility index (Phi) is 4.59. The molecule has 4 rings (SSSR count). The van der Waals surface area contributed by atoms with Crippen molar-refractivity contribution in [3.8, 4) is 5.75 Å². The van der Waals surface area contributed by atoms with Gasteiger partial charge in [0.05, 0.1) is 18.3 Å². The number of H-pyrrole nitrogens is 1. The molecule has 2 heterocycles. The molecule has 4 N–H and O–H groups in total. The van der Waals surface area contributed by atoms with Crippen molar-refractivity contribution in [3.05, 3.63) is 63.3 Å². The Morgan fingerprint density at radius 3 is 2.70 bits per heavy atom. The lowest BCUT2D eigenvalue weighted by Gasteiger charge is -2.17. The second kappa shape index (κ2) is 7.06. The van der Waals surface area contributed by atoms with E-state index < -0.39 is 0 Å². The van der Waals surface area contributed by atoms with Gasteiger partial charge in [-0.05, 0) is 60.7 Å². The number of pyridine rings is 1. The number of nitrogens with one attached hydrogen (secondary N) is 2. The smallest absolute Gasteiger partial charge is 0.266 e. The Bertz CT molecular complexity index is 1180. The van der Waals surface area contributed by atoms with Gasteiger partial charge in [-0.15, -0.1) is 11.3 Å². The first-order valence-electron chi connectivity index (χ1n) is 8.79. The maximum atomic E-state index is 12.4. The minimum Gasteiger partial charge on any atom is -0.495 e. The molecule has 0 saturated carbocycles. The van der Waals surface area contributed by atoms with Gasteiger partial charge in [0.2, 0.25) is 0 Å². The van der Waals surface area contributed by atoms with Crippen LogP contribution < -0.4 is 21.3 Å². The van der Waals surface area contributed by atoms with E-state index in [-0.39, 0.29) is 5.56 Å². The number of hydrogen-bond donors (Lipinski definition) is 3. The number of ether oxygens (including phenoxy) is 1. The predicted molar refractivity (Wildman–Crippen MR) is 114 cm³/mol. The molecule has 4 aromatic rings. The van der Waals surface area contributed by atoms with Crippen molar-refractivity contribution in [1.29, 1.82) is 0 Å². The molecule has 0 saturated heterocycles. The van der Waals surface area contributed by atoms with E-state index in [4.69, 9.17) is 10.5 Å². The first-order valence-corrected chi connectivity index (χ1v) is 9.67. The highest BCUT2D eigenvalue weighted by Crippen LogP contribution is 2.40. The fourth-order valence-corrected chi connectivity index (χ4v) is 4.22. The van der Waals surface area contributed by atoms with E-state index in [0.29, 0.717) is 6.54 Å². The molecule has 0 aliphatic rings. The average molecular weight is 379 g/mol. The molecule has 2 aromatic carbocycles. The Labute approximate surface area is 160 Å². The number of aromatic amines is 1. The largest absolute Gasteiger partial charge is 0.495 e. The summed E-state index contributed by atoms with van der Waals surface area (Å²) in [5.41, 5.74) is 10.4. The zero-order chi connectivity index (χ0) is 19.0. The molecule has 0 aliphatic heterocycles. The minimum absolute atomic E-state index is 0.0575. The molecule has 0 unspecified atom stereocenters. The molecule has 0 bridgehead atoms. The summed E-state index contributed by atoms with van der Waals surface area (Å²) in [6, 6.07) is 12.1. The van der Waals surface area contributed by atoms with Gasteiger partial charge in [-0.3, -0.25) is 4.79 Å². The number of aromatic nitrogens is 1. The number of fused-ring (bicyclic) bond motifs is 3. The van der Waals surface area contributed by atoms with Gasteiger partial charge < -0.3 is 20.8 Å². The highest BCUT2D eigenvalue weighted by atomic mass is 32.1. The van der Waals surface area contributed by atoms with Crippen LogP contribution >= 0.6 is 11.3 Å². The lowest BCUT2D eigenvalue weighted by molar-refractivity contribution is 0.417. The molecular weight excluding hydrogens is 358 g/mol. The molecular formula is C21H21N3O2S. The first kappa shape index (κ1) is 17.6. The molecule has 0 amide bonds.